The van der Waals surface area contributed by atoms with Crippen LogP contribution >= 0.6 is 0 Å². The summed E-state index contributed by atoms with van der Waals surface area (Å²) < 4.78 is 5.47. The molecule has 0 aliphatic heterocycles. The molecule has 112 valence electrons. The molecule has 3 nitrogen and oxygen atoms in total. The molecule has 1 aliphatic carbocycles. The minimum Gasteiger partial charge on any atom is -0.495 e. The lowest BCUT2D eigenvalue weighted by Gasteiger charge is -2.11. The SMILES string of the molecule is CNC1CC(c2c[nH]c3c(OC)cccc23)c2ccccc21. The average Bonchev–Trinajstić information content (AvgIpc) is 3.15. The van der Waals surface area contributed by atoms with E-state index in [0.717, 1.165) is 17.7 Å². The van der Waals surface area contributed by atoms with Crippen molar-refractivity contribution in [1.29, 1.82) is 0 Å². The van der Waals surface area contributed by atoms with Crippen LogP contribution in [0.15, 0.2) is 48.7 Å². The summed E-state index contributed by atoms with van der Waals surface area (Å²) in [6, 6.07) is 15.4. The number of hydrogen-bond donors (Lipinski definition) is 2. The molecule has 2 unspecified atom stereocenters. The van der Waals surface area contributed by atoms with Gasteiger partial charge in [-0.25, -0.2) is 0 Å². The zero-order valence-electron chi connectivity index (χ0n) is 12.9. The van der Waals surface area contributed by atoms with Crippen LogP contribution in [0.25, 0.3) is 10.9 Å². The van der Waals surface area contributed by atoms with E-state index >= 15 is 0 Å². The van der Waals surface area contributed by atoms with Crippen molar-refractivity contribution in [2.45, 2.75) is 18.4 Å². The smallest absolute Gasteiger partial charge is 0.142 e. The quantitative estimate of drug-likeness (QED) is 0.766. The van der Waals surface area contributed by atoms with Gasteiger partial charge in [-0.2, -0.15) is 0 Å². The highest BCUT2D eigenvalue weighted by Gasteiger charge is 2.32. The van der Waals surface area contributed by atoms with E-state index in [2.05, 4.69) is 52.9 Å². The minimum absolute atomic E-state index is 0.425. The number of nitrogens with one attached hydrogen (secondary N) is 2. The molecule has 2 N–H and O–H groups in total. The third-order valence-corrected chi connectivity index (χ3v) is 4.87. The zero-order chi connectivity index (χ0) is 15.1. The molecule has 0 amide bonds. The van der Waals surface area contributed by atoms with Crippen molar-refractivity contribution in [3.63, 3.8) is 0 Å². The number of aromatic amines is 1. The van der Waals surface area contributed by atoms with E-state index in [4.69, 9.17) is 4.74 Å². The fourth-order valence-corrected chi connectivity index (χ4v) is 3.81. The molecule has 1 heterocycles. The van der Waals surface area contributed by atoms with Crippen LogP contribution in [-0.4, -0.2) is 19.1 Å². The normalized spacial score (nSPS) is 20.3. The number of benzene rings is 2. The first-order valence-corrected chi connectivity index (χ1v) is 7.73. The van der Waals surface area contributed by atoms with Gasteiger partial charge in [0, 0.05) is 23.5 Å². The van der Waals surface area contributed by atoms with Crippen molar-refractivity contribution in [1.82, 2.24) is 10.3 Å². The summed E-state index contributed by atoms with van der Waals surface area (Å²) in [5.74, 6) is 1.33. The number of para-hydroxylation sites is 1. The van der Waals surface area contributed by atoms with Crippen LogP contribution in [0.4, 0.5) is 0 Å². The summed E-state index contributed by atoms with van der Waals surface area (Å²) in [5.41, 5.74) is 5.31. The molecule has 22 heavy (non-hydrogen) atoms. The topological polar surface area (TPSA) is 37.0 Å². The summed E-state index contributed by atoms with van der Waals surface area (Å²) in [5, 5.41) is 4.71. The number of methoxy groups -OCH3 is 1. The second-order valence-corrected chi connectivity index (χ2v) is 5.89. The summed E-state index contributed by atoms with van der Waals surface area (Å²) in [6.07, 6.45) is 3.24. The van der Waals surface area contributed by atoms with E-state index in [9.17, 15) is 0 Å². The Labute approximate surface area is 130 Å². The average molecular weight is 292 g/mol. The van der Waals surface area contributed by atoms with Crippen LogP contribution < -0.4 is 10.1 Å². The number of fused-ring (bicyclic) bond motifs is 2. The zero-order valence-corrected chi connectivity index (χ0v) is 12.9. The first kappa shape index (κ1) is 13.4. The van der Waals surface area contributed by atoms with Crippen molar-refractivity contribution >= 4 is 10.9 Å². The van der Waals surface area contributed by atoms with E-state index in [-0.39, 0.29) is 0 Å². The molecule has 0 bridgehead atoms. The molecular weight excluding hydrogens is 272 g/mol. The number of rotatable bonds is 3. The monoisotopic (exact) mass is 292 g/mol. The van der Waals surface area contributed by atoms with Crippen LogP contribution in [0.3, 0.4) is 0 Å². The van der Waals surface area contributed by atoms with Crippen molar-refractivity contribution < 1.29 is 4.74 Å². The summed E-state index contributed by atoms with van der Waals surface area (Å²) in [4.78, 5) is 3.40. The summed E-state index contributed by atoms with van der Waals surface area (Å²) in [7, 11) is 3.76. The van der Waals surface area contributed by atoms with Crippen LogP contribution in [0.2, 0.25) is 0 Å². The van der Waals surface area contributed by atoms with Crippen LogP contribution in [-0.2, 0) is 0 Å². The summed E-state index contributed by atoms with van der Waals surface area (Å²) >= 11 is 0. The molecule has 0 saturated heterocycles. The maximum Gasteiger partial charge on any atom is 0.142 e. The Morgan fingerprint density at radius 2 is 1.86 bits per heavy atom. The molecule has 1 aliphatic rings. The van der Waals surface area contributed by atoms with Gasteiger partial charge in [-0.15, -0.1) is 0 Å². The van der Waals surface area contributed by atoms with Gasteiger partial charge in [0.15, 0.2) is 0 Å². The van der Waals surface area contributed by atoms with Gasteiger partial charge >= 0.3 is 0 Å². The lowest BCUT2D eigenvalue weighted by molar-refractivity contribution is 0.419. The Kier molecular flexibility index (Phi) is 3.16. The fourth-order valence-electron chi connectivity index (χ4n) is 3.81. The molecule has 2 aromatic carbocycles. The largest absolute Gasteiger partial charge is 0.495 e. The predicted octanol–water partition coefficient (Wildman–Crippen LogP) is 3.97. The van der Waals surface area contributed by atoms with Crippen molar-refractivity contribution in [2.75, 3.05) is 14.2 Å². The number of H-pyrrole nitrogens is 1. The lowest BCUT2D eigenvalue weighted by Crippen LogP contribution is -2.13. The Hall–Kier alpha value is -2.26. The molecular formula is C19H20N2O. The van der Waals surface area contributed by atoms with Crippen molar-refractivity contribution in [2.24, 2.45) is 0 Å². The molecule has 0 saturated carbocycles. The van der Waals surface area contributed by atoms with Crippen molar-refractivity contribution in [3.05, 3.63) is 65.4 Å². The highest BCUT2D eigenvalue weighted by Crippen LogP contribution is 2.46. The first-order chi connectivity index (χ1) is 10.8. The Bertz CT molecular complexity index is 821. The second-order valence-electron chi connectivity index (χ2n) is 5.89. The molecule has 0 spiro atoms. The highest BCUT2D eigenvalue weighted by molar-refractivity contribution is 5.89. The van der Waals surface area contributed by atoms with E-state index in [1.165, 1.54) is 22.1 Å². The fraction of sp³-hybridized carbons (Fsp3) is 0.263. The van der Waals surface area contributed by atoms with Crippen LogP contribution in [0.1, 0.15) is 35.1 Å². The maximum atomic E-state index is 5.47. The third kappa shape index (κ3) is 1.86. The van der Waals surface area contributed by atoms with Gasteiger partial charge in [0.1, 0.15) is 5.75 Å². The molecule has 0 radical (unpaired) electrons. The number of ether oxygens (including phenoxy) is 1. The van der Waals surface area contributed by atoms with Gasteiger partial charge in [0.05, 0.1) is 12.6 Å². The second kappa shape index (κ2) is 5.18. The highest BCUT2D eigenvalue weighted by atomic mass is 16.5. The Balaban J connectivity index is 1.87. The summed E-state index contributed by atoms with van der Waals surface area (Å²) in [6.45, 7) is 0. The van der Waals surface area contributed by atoms with E-state index in [1.54, 1.807) is 7.11 Å². The van der Waals surface area contributed by atoms with E-state index in [1.807, 2.05) is 13.1 Å². The van der Waals surface area contributed by atoms with Gasteiger partial charge in [0.25, 0.3) is 0 Å². The van der Waals surface area contributed by atoms with Gasteiger partial charge in [-0.1, -0.05) is 36.4 Å². The molecule has 0 fully saturated rings. The first-order valence-electron chi connectivity index (χ1n) is 7.73. The van der Waals surface area contributed by atoms with Gasteiger partial charge in [-0.3, -0.25) is 0 Å². The maximum absolute atomic E-state index is 5.47. The number of hydrogen-bond acceptors (Lipinski definition) is 2. The number of aromatic nitrogens is 1. The van der Waals surface area contributed by atoms with E-state index in [0.29, 0.717) is 12.0 Å². The molecule has 1 aromatic heterocycles. The lowest BCUT2D eigenvalue weighted by atomic mass is 9.92. The third-order valence-electron chi connectivity index (χ3n) is 4.87. The molecule has 2 atom stereocenters. The minimum atomic E-state index is 0.425. The van der Waals surface area contributed by atoms with E-state index < -0.39 is 0 Å². The van der Waals surface area contributed by atoms with Crippen LogP contribution in [0.5, 0.6) is 5.75 Å². The standard InChI is InChI=1S/C19H20N2O/c1-20-17-10-15(12-6-3-4-7-13(12)17)16-11-21-19-14(16)8-5-9-18(19)22-2/h3-9,11,15,17,20-21H,10H2,1-2H3. The molecule has 3 aromatic rings. The molecule has 3 heteroatoms. The Morgan fingerprint density at radius 3 is 2.64 bits per heavy atom. The van der Waals surface area contributed by atoms with Gasteiger partial charge in [0.2, 0.25) is 0 Å². The Morgan fingerprint density at radius 1 is 1.05 bits per heavy atom. The van der Waals surface area contributed by atoms with Gasteiger partial charge in [-0.05, 0) is 36.2 Å². The van der Waals surface area contributed by atoms with Crippen LogP contribution in [0, 0.1) is 0 Å². The molecule has 4 rings (SSSR count). The van der Waals surface area contributed by atoms with Crippen molar-refractivity contribution in [3.8, 4) is 5.75 Å². The van der Waals surface area contributed by atoms with Gasteiger partial charge < -0.3 is 15.0 Å². The predicted molar refractivity (Wildman–Crippen MR) is 89.6 cm³/mol.